The molecular weight excluding hydrogens is 609 g/mol. The third-order valence-corrected chi connectivity index (χ3v) is 9.40. The van der Waals surface area contributed by atoms with Gasteiger partial charge in [-0.1, -0.05) is 72.4 Å². The number of piperidine rings is 2. The van der Waals surface area contributed by atoms with Crippen molar-refractivity contribution in [2.45, 2.75) is 52.4 Å². The van der Waals surface area contributed by atoms with Crippen molar-refractivity contribution in [3.8, 4) is 6.07 Å². The summed E-state index contributed by atoms with van der Waals surface area (Å²) in [5, 5.41) is 10.7. The Bertz CT molecular complexity index is 1500. The third kappa shape index (κ3) is 13.6. The van der Waals surface area contributed by atoms with Crippen LogP contribution >= 0.6 is 0 Å². The highest BCUT2D eigenvalue weighted by Crippen LogP contribution is 2.23. The molecule has 2 aromatic carbocycles. The molecule has 0 bridgehead atoms. The quantitative estimate of drug-likeness (QED) is 0.308. The molecule has 9 nitrogen and oxygen atoms in total. The largest absolute Gasteiger partial charge is 0.480 e. The maximum atomic E-state index is 12.7. The Balaban J connectivity index is 0.000000225. The Morgan fingerprint density at radius 2 is 1.27 bits per heavy atom. The summed E-state index contributed by atoms with van der Waals surface area (Å²) in [5.41, 5.74) is 2.75. The molecule has 5 rings (SSSR count). The molecule has 242 valence electrons. The normalized spacial score (nSPS) is 16.2. The molecule has 0 radical (unpaired) electrons. The van der Waals surface area contributed by atoms with Crippen molar-refractivity contribution in [1.82, 2.24) is 13.6 Å². The van der Waals surface area contributed by atoms with Crippen LogP contribution in [0.15, 0.2) is 73.1 Å². The van der Waals surface area contributed by atoms with Crippen molar-refractivity contribution in [3.63, 3.8) is 0 Å². The first kappa shape index (κ1) is 37.0. The van der Waals surface area contributed by atoms with Gasteiger partial charge in [0.05, 0.1) is 13.1 Å². The Morgan fingerprint density at radius 3 is 1.61 bits per heavy atom. The van der Waals surface area contributed by atoms with Crippen molar-refractivity contribution in [2.24, 2.45) is 18.9 Å². The van der Waals surface area contributed by atoms with E-state index < -0.39 is 20.8 Å². The average molecular weight is 653 g/mol. The van der Waals surface area contributed by atoms with Crippen molar-refractivity contribution < 1.29 is 29.2 Å². The number of halogens is 2. The van der Waals surface area contributed by atoms with E-state index in [1.54, 1.807) is 13.1 Å². The molecule has 0 atom stereocenters. The molecule has 2 aliphatic heterocycles. The molecule has 0 aliphatic carbocycles. The van der Waals surface area contributed by atoms with Crippen LogP contribution in [0.1, 0.15) is 49.6 Å². The number of nitrogens with one attached hydrogen (secondary N) is 1. The lowest BCUT2D eigenvalue weighted by Crippen LogP contribution is -2.36. The highest BCUT2D eigenvalue weighted by molar-refractivity contribution is 7.84. The molecule has 2 aliphatic rings. The zero-order valence-electron chi connectivity index (χ0n) is 25.6. The van der Waals surface area contributed by atoms with E-state index >= 15 is 0 Å². The summed E-state index contributed by atoms with van der Waals surface area (Å²) in [6.07, 6.45) is 8.99. The predicted octanol–water partition coefficient (Wildman–Crippen LogP) is 4.60. The molecule has 13 heteroatoms. The minimum absolute atomic E-state index is 0.302. The molecule has 0 saturated carbocycles. The highest BCUT2D eigenvalue weighted by atomic mass is 32.3. The van der Waals surface area contributed by atoms with Gasteiger partial charge < -0.3 is 5.32 Å². The fraction of sp³-hybridized carbons (Fsp3) is 0.484. The van der Waals surface area contributed by atoms with Gasteiger partial charge in [-0.2, -0.15) is 26.4 Å². The zero-order chi connectivity index (χ0) is 32.6. The highest BCUT2D eigenvalue weighted by Gasteiger charge is 2.27. The number of aryl methyl sites for hydroxylation is 1. The van der Waals surface area contributed by atoms with Crippen molar-refractivity contribution >= 4 is 20.8 Å². The second kappa shape index (κ2) is 18.6. The van der Waals surface area contributed by atoms with Gasteiger partial charge in [-0.25, -0.2) is 4.57 Å². The second-order valence-electron chi connectivity index (χ2n) is 10.8. The molecule has 2 saturated heterocycles. The lowest BCUT2D eigenvalue weighted by atomic mass is 9.91. The van der Waals surface area contributed by atoms with E-state index in [4.69, 9.17) is 5.26 Å². The van der Waals surface area contributed by atoms with Crippen LogP contribution in [-0.4, -0.2) is 51.3 Å². The number of nitrogens with zero attached hydrogens (tertiary/aromatic N) is 4. The molecule has 0 spiro atoms. The molecule has 1 aromatic heterocycles. The first-order chi connectivity index (χ1) is 20.8. The Hall–Kier alpha value is -3.18. The van der Waals surface area contributed by atoms with E-state index in [0.717, 1.165) is 35.7 Å². The maximum absolute atomic E-state index is 12.7. The summed E-state index contributed by atoms with van der Waals surface area (Å²) in [7, 11) is -7.47. The number of hydrogen-bond donors (Lipinski definition) is 1. The standard InChI is InChI=1S/C12H16FNO2S.C12H17N.C5H8FN2O2S.C2H3N/c13-17(15,16)14-8-6-12(7-9-14)10-11-4-2-1-3-5-11;1-2-4-11(5-3-1)10-12-6-8-13-9-7-12;1-5-7(2)3-4-8(5)11(6,9)10;1-2-3/h1-5,12H,6-10H2;1-5,12-13H,6-10H2;3-4H,1-2H3;1H3/q;;+1;. The second-order valence-corrected chi connectivity index (χ2v) is 13.3. The van der Waals surface area contributed by atoms with Gasteiger partial charge in [-0.3, -0.25) is 0 Å². The van der Waals surface area contributed by atoms with Gasteiger partial charge in [0, 0.05) is 26.9 Å². The SMILES string of the molecule is CC#N.Cc1n(S(=O)(=O)F)cc[n+]1C.O=S(=O)(F)N1CCC(Cc2ccccc2)CC1.c1ccc(CC2CCNCC2)cc1. The van der Waals surface area contributed by atoms with Crippen molar-refractivity contribution in [2.75, 3.05) is 26.2 Å². The van der Waals surface area contributed by atoms with E-state index in [1.807, 2.05) is 18.2 Å². The summed E-state index contributed by atoms with van der Waals surface area (Å²) in [4.78, 5) is 0. The topological polar surface area (TPSA) is 116 Å². The minimum Gasteiger partial charge on any atom is -0.317 e. The van der Waals surface area contributed by atoms with Gasteiger partial charge in [-0.05, 0) is 74.6 Å². The van der Waals surface area contributed by atoms with Crippen molar-refractivity contribution in [3.05, 3.63) is 90.0 Å². The van der Waals surface area contributed by atoms with E-state index in [9.17, 15) is 24.6 Å². The third-order valence-electron chi connectivity index (χ3n) is 7.57. The number of imidazole rings is 1. The Labute approximate surface area is 261 Å². The molecule has 1 N–H and O–H groups in total. The van der Waals surface area contributed by atoms with Crippen LogP contribution in [0, 0.1) is 30.1 Å². The Morgan fingerprint density at radius 1 is 0.841 bits per heavy atom. The molecule has 44 heavy (non-hydrogen) atoms. The maximum Gasteiger partial charge on any atom is 0.480 e. The smallest absolute Gasteiger partial charge is 0.317 e. The number of aromatic nitrogens is 2. The van der Waals surface area contributed by atoms with Crippen LogP contribution < -0.4 is 9.88 Å². The zero-order valence-corrected chi connectivity index (χ0v) is 27.3. The summed E-state index contributed by atoms with van der Waals surface area (Å²) in [6.45, 7) is 5.96. The first-order valence-corrected chi connectivity index (χ1v) is 17.3. The summed E-state index contributed by atoms with van der Waals surface area (Å²) in [6, 6.07) is 22.7. The molecule has 0 amide bonds. The predicted molar refractivity (Wildman–Crippen MR) is 167 cm³/mol. The van der Waals surface area contributed by atoms with Gasteiger partial charge in [0.15, 0.2) is 0 Å². The van der Waals surface area contributed by atoms with E-state index in [-0.39, 0.29) is 0 Å². The monoisotopic (exact) mass is 652 g/mol. The van der Waals surface area contributed by atoms with E-state index in [2.05, 4.69) is 47.8 Å². The van der Waals surface area contributed by atoms with Crippen LogP contribution in [0.3, 0.4) is 0 Å². The van der Waals surface area contributed by atoms with Crippen LogP contribution in [0.25, 0.3) is 0 Å². The van der Waals surface area contributed by atoms with E-state index in [0.29, 0.717) is 28.8 Å². The lowest BCUT2D eigenvalue weighted by Gasteiger charge is -2.28. The van der Waals surface area contributed by atoms with E-state index in [1.165, 1.54) is 68.1 Å². The average Bonchev–Trinajstić information content (AvgIpc) is 3.34. The summed E-state index contributed by atoms with van der Waals surface area (Å²) < 4.78 is 70.2. The van der Waals surface area contributed by atoms with Gasteiger partial charge in [0.25, 0.3) is 5.82 Å². The number of nitriles is 1. The van der Waals surface area contributed by atoms with Gasteiger partial charge in [0.1, 0.15) is 12.4 Å². The number of rotatable bonds is 6. The lowest BCUT2D eigenvalue weighted by molar-refractivity contribution is -0.676. The van der Waals surface area contributed by atoms with Crippen LogP contribution in [0.5, 0.6) is 0 Å². The number of hydrogen-bond acceptors (Lipinski definition) is 6. The summed E-state index contributed by atoms with van der Waals surface area (Å²) >= 11 is 0. The fourth-order valence-electron chi connectivity index (χ4n) is 5.07. The molecule has 0 unspecified atom stereocenters. The molecule has 3 aromatic rings. The van der Waals surface area contributed by atoms with Gasteiger partial charge in [-0.15, -0.1) is 0 Å². The first-order valence-electron chi connectivity index (χ1n) is 14.6. The minimum atomic E-state index is -4.62. The van der Waals surface area contributed by atoms with Gasteiger partial charge in [0.2, 0.25) is 0 Å². The Kier molecular flexibility index (Phi) is 15.6. The fourth-order valence-corrected chi connectivity index (χ4v) is 6.37. The summed E-state index contributed by atoms with van der Waals surface area (Å²) in [5.74, 6) is 1.69. The van der Waals surface area contributed by atoms with Crippen LogP contribution in [-0.2, 0) is 40.7 Å². The van der Waals surface area contributed by atoms with Gasteiger partial charge >= 0.3 is 20.8 Å². The molecule has 2 fully saturated rings. The molecular formula is C31H44F2N5O4S2+. The molecule has 3 heterocycles. The van der Waals surface area contributed by atoms with Crippen LogP contribution in [0.4, 0.5) is 7.77 Å². The van der Waals surface area contributed by atoms with Crippen molar-refractivity contribution in [1.29, 1.82) is 5.26 Å². The number of benzene rings is 2. The van der Waals surface area contributed by atoms with Crippen LogP contribution in [0.2, 0.25) is 0 Å².